The minimum absolute atomic E-state index is 0. The van der Waals surface area contributed by atoms with E-state index >= 15 is 0 Å². The summed E-state index contributed by atoms with van der Waals surface area (Å²) in [5.41, 5.74) is -0.500. The first-order valence-corrected chi connectivity index (χ1v) is 1.72. The molecular formula is C4H15NO2. The van der Waals surface area contributed by atoms with Gasteiger partial charge in [-0.1, -0.05) is 0 Å². The van der Waals surface area contributed by atoms with Gasteiger partial charge in [0.15, 0.2) is 0 Å². The topological polar surface area (TPSA) is 86.7 Å². The van der Waals surface area contributed by atoms with E-state index in [4.69, 9.17) is 5.11 Å². The van der Waals surface area contributed by atoms with Gasteiger partial charge in [0.2, 0.25) is 0 Å². The number of hydrogen-bond donors (Lipinski definition) is 2. The summed E-state index contributed by atoms with van der Waals surface area (Å²) in [6.45, 7) is 5.23. The third kappa shape index (κ3) is 6150. The van der Waals surface area contributed by atoms with Crippen LogP contribution in [0.15, 0.2) is 0 Å². The van der Waals surface area contributed by atoms with Gasteiger partial charge in [0, 0.05) is 0 Å². The molecule has 0 radical (unpaired) electrons. The lowest BCUT2D eigenvalue weighted by atomic mass is 10.2. The number of rotatable bonds is 0. The minimum atomic E-state index is -0.500. The molecule has 0 aromatic carbocycles. The van der Waals surface area contributed by atoms with E-state index in [-0.39, 0.29) is 11.6 Å². The molecule has 0 amide bonds. The van der Waals surface area contributed by atoms with E-state index in [0.29, 0.717) is 0 Å². The Morgan fingerprint density at radius 3 is 1.14 bits per heavy atom. The monoisotopic (exact) mass is 109 g/mol. The van der Waals surface area contributed by atoms with Gasteiger partial charge in [0.25, 0.3) is 0 Å². The molecule has 3 nitrogen and oxygen atoms in total. The Labute approximate surface area is 44.2 Å². The van der Waals surface area contributed by atoms with Crippen LogP contribution in [-0.4, -0.2) is 16.2 Å². The summed E-state index contributed by atoms with van der Waals surface area (Å²) >= 11 is 0. The Morgan fingerprint density at radius 1 is 1.14 bits per heavy atom. The molecule has 0 aromatic rings. The van der Waals surface area contributed by atoms with Crippen molar-refractivity contribution >= 4 is 0 Å². The van der Waals surface area contributed by atoms with Crippen molar-refractivity contribution in [1.29, 1.82) is 0 Å². The first kappa shape index (κ1) is 15.8. The summed E-state index contributed by atoms with van der Waals surface area (Å²) in [7, 11) is 0. The summed E-state index contributed by atoms with van der Waals surface area (Å²) in [6.07, 6.45) is 0. The predicted octanol–water partition coefficient (Wildman–Crippen LogP) is 0.115. The third-order valence-corrected chi connectivity index (χ3v) is 0. The van der Waals surface area contributed by atoms with E-state index in [0.717, 1.165) is 0 Å². The molecule has 0 bridgehead atoms. The number of hydrogen-bond acceptors (Lipinski definition) is 2. The molecule has 0 heterocycles. The van der Waals surface area contributed by atoms with Crippen molar-refractivity contribution in [3.05, 3.63) is 0 Å². The van der Waals surface area contributed by atoms with Gasteiger partial charge < -0.3 is 16.7 Å². The molecule has 0 rings (SSSR count). The summed E-state index contributed by atoms with van der Waals surface area (Å²) in [5, 5.41) is 8.52. The smallest absolute Gasteiger partial charge is 0.0563 e. The van der Waals surface area contributed by atoms with Gasteiger partial charge in [0.1, 0.15) is 0 Å². The molecule has 0 aliphatic heterocycles. The molecule has 3 heteroatoms. The Kier molecular flexibility index (Phi) is 9.14. The van der Waals surface area contributed by atoms with Crippen molar-refractivity contribution in [3.8, 4) is 0 Å². The SMILES string of the molecule is CC(C)(C)O.N.O. The Bertz CT molecular complexity index is 25.2. The van der Waals surface area contributed by atoms with E-state index in [1.807, 2.05) is 0 Å². The quantitative estimate of drug-likeness (QED) is 0.462. The van der Waals surface area contributed by atoms with Gasteiger partial charge >= 0.3 is 0 Å². The van der Waals surface area contributed by atoms with Crippen LogP contribution in [0.5, 0.6) is 0 Å². The highest BCUT2D eigenvalue weighted by molar-refractivity contribution is 4.50. The lowest BCUT2D eigenvalue weighted by Crippen LogP contribution is -2.10. The highest BCUT2D eigenvalue weighted by atomic mass is 16.3. The Hall–Kier alpha value is -0.120. The largest absolute Gasteiger partial charge is 0.412 e. The average Bonchev–Trinajstić information content (AvgIpc) is 0.722. The van der Waals surface area contributed by atoms with Crippen LogP contribution in [0.4, 0.5) is 0 Å². The maximum absolute atomic E-state index is 8.52. The fourth-order valence-corrected chi connectivity index (χ4v) is 0. The lowest BCUT2D eigenvalue weighted by Gasteiger charge is -2.04. The molecule has 0 aliphatic carbocycles. The van der Waals surface area contributed by atoms with Gasteiger partial charge in [-0.25, -0.2) is 0 Å². The molecule has 6 N–H and O–H groups in total. The van der Waals surface area contributed by atoms with E-state index in [2.05, 4.69) is 0 Å². The van der Waals surface area contributed by atoms with Crippen molar-refractivity contribution in [2.75, 3.05) is 0 Å². The maximum atomic E-state index is 8.52. The zero-order valence-corrected chi connectivity index (χ0v) is 5.15. The highest BCUT2D eigenvalue weighted by Gasteiger charge is 1.97. The van der Waals surface area contributed by atoms with Crippen molar-refractivity contribution in [2.24, 2.45) is 0 Å². The van der Waals surface area contributed by atoms with Crippen molar-refractivity contribution in [2.45, 2.75) is 26.4 Å². The van der Waals surface area contributed by atoms with Gasteiger partial charge in [-0.05, 0) is 20.8 Å². The predicted molar refractivity (Wildman–Crippen MR) is 30.6 cm³/mol. The standard InChI is InChI=1S/C4H10O.H3N.H2O/c1-4(2,3)5;;/h5H,1-3H3;1H3;1H2. The molecule has 0 atom stereocenters. The highest BCUT2D eigenvalue weighted by Crippen LogP contribution is 1.93. The second kappa shape index (κ2) is 4.05. The average molecular weight is 109 g/mol. The van der Waals surface area contributed by atoms with Crippen LogP contribution in [0.2, 0.25) is 0 Å². The second-order valence-electron chi connectivity index (χ2n) is 2.17. The van der Waals surface area contributed by atoms with E-state index in [9.17, 15) is 0 Å². The van der Waals surface area contributed by atoms with Crippen LogP contribution in [0.25, 0.3) is 0 Å². The summed E-state index contributed by atoms with van der Waals surface area (Å²) in [6, 6.07) is 0. The molecule has 0 fully saturated rings. The molecular weight excluding hydrogens is 94.0 g/mol. The van der Waals surface area contributed by atoms with Gasteiger partial charge in [-0.3, -0.25) is 0 Å². The van der Waals surface area contributed by atoms with Crippen LogP contribution in [0, 0.1) is 0 Å². The van der Waals surface area contributed by atoms with Crippen LogP contribution in [-0.2, 0) is 0 Å². The lowest BCUT2D eigenvalue weighted by molar-refractivity contribution is 0.102. The van der Waals surface area contributed by atoms with Crippen LogP contribution >= 0.6 is 0 Å². The molecule has 0 unspecified atom stereocenters. The van der Waals surface area contributed by atoms with Crippen LogP contribution in [0.1, 0.15) is 20.8 Å². The molecule has 0 saturated carbocycles. The van der Waals surface area contributed by atoms with E-state index < -0.39 is 5.60 Å². The Balaban J connectivity index is -0.0000000800. The van der Waals surface area contributed by atoms with Crippen LogP contribution in [0.3, 0.4) is 0 Å². The maximum Gasteiger partial charge on any atom is 0.0563 e. The minimum Gasteiger partial charge on any atom is -0.412 e. The van der Waals surface area contributed by atoms with Crippen molar-refractivity contribution in [1.82, 2.24) is 6.15 Å². The molecule has 0 aromatic heterocycles. The normalized spacial score (nSPS) is 8.57. The molecule has 7 heavy (non-hydrogen) atoms. The van der Waals surface area contributed by atoms with Crippen LogP contribution < -0.4 is 6.15 Å². The van der Waals surface area contributed by atoms with Crippen molar-refractivity contribution < 1.29 is 10.6 Å². The second-order valence-corrected chi connectivity index (χ2v) is 2.17. The van der Waals surface area contributed by atoms with E-state index in [1.165, 1.54) is 0 Å². The zero-order chi connectivity index (χ0) is 4.50. The summed E-state index contributed by atoms with van der Waals surface area (Å²) in [4.78, 5) is 0. The zero-order valence-electron chi connectivity index (χ0n) is 5.15. The first-order valence-electron chi connectivity index (χ1n) is 1.72. The van der Waals surface area contributed by atoms with Gasteiger partial charge in [-0.2, -0.15) is 0 Å². The summed E-state index contributed by atoms with van der Waals surface area (Å²) in [5.74, 6) is 0. The molecule has 48 valence electrons. The molecule has 0 spiro atoms. The van der Waals surface area contributed by atoms with Crippen molar-refractivity contribution in [3.63, 3.8) is 0 Å². The van der Waals surface area contributed by atoms with E-state index in [1.54, 1.807) is 20.8 Å². The summed E-state index contributed by atoms with van der Waals surface area (Å²) < 4.78 is 0. The third-order valence-electron chi connectivity index (χ3n) is 0. The first-order chi connectivity index (χ1) is 2.00. The fraction of sp³-hybridized carbons (Fsp3) is 1.00. The Morgan fingerprint density at radius 2 is 1.14 bits per heavy atom. The molecule has 0 aliphatic rings. The fourth-order valence-electron chi connectivity index (χ4n) is 0. The van der Waals surface area contributed by atoms with Gasteiger partial charge in [0.05, 0.1) is 5.60 Å². The number of aliphatic hydroxyl groups is 1. The molecule has 0 saturated heterocycles. The van der Waals surface area contributed by atoms with Gasteiger partial charge in [-0.15, -0.1) is 0 Å².